The molecule has 8 heteroatoms. The number of hydrogen-bond acceptors (Lipinski definition) is 2. The van der Waals surface area contributed by atoms with Crippen LogP contribution < -0.4 is 11.5 Å². The molecule has 0 radical (unpaired) electrons. The fourth-order valence-electron chi connectivity index (χ4n) is 2.64. The van der Waals surface area contributed by atoms with Crippen molar-refractivity contribution in [1.29, 1.82) is 5.41 Å². The quantitative estimate of drug-likeness (QED) is 0.571. The molecule has 134 valence electrons. The van der Waals surface area contributed by atoms with Crippen molar-refractivity contribution in [2.45, 2.75) is 44.6 Å². The van der Waals surface area contributed by atoms with Gasteiger partial charge in [0.1, 0.15) is 5.84 Å². The minimum atomic E-state index is -2.82. The van der Waals surface area contributed by atoms with Crippen molar-refractivity contribution in [2.75, 3.05) is 6.54 Å². The van der Waals surface area contributed by atoms with Gasteiger partial charge in [-0.1, -0.05) is 26.0 Å². The van der Waals surface area contributed by atoms with E-state index < -0.39 is 18.4 Å². The maximum absolute atomic E-state index is 13.7. The number of benzene rings is 1. The summed E-state index contributed by atoms with van der Waals surface area (Å²) in [6, 6.07) is 6.63. The van der Waals surface area contributed by atoms with Gasteiger partial charge < -0.3 is 16.4 Å². The summed E-state index contributed by atoms with van der Waals surface area (Å²) < 4.78 is 27.4. The van der Waals surface area contributed by atoms with Gasteiger partial charge in [-0.05, 0) is 23.6 Å². The second-order valence-electron chi connectivity index (χ2n) is 6.19. The normalized spacial score (nSPS) is 20.6. The molecule has 1 unspecified atom stereocenters. The average molecular weight is 360 g/mol. The molecule has 0 saturated carbocycles. The number of alkyl halides is 2. The van der Waals surface area contributed by atoms with Gasteiger partial charge in [0.25, 0.3) is 5.92 Å². The highest BCUT2D eigenvalue weighted by molar-refractivity contribution is 5.92. The zero-order valence-electron chi connectivity index (χ0n) is 13.8. The first-order valence-corrected chi connectivity index (χ1v) is 7.62. The Balaban J connectivity index is 0.00000288. The van der Waals surface area contributed by atoms with Crippen LogP contribution in [0.5, 0.6) is 0 Å². The molecule has 0 bridgehead atoms. The molecule has 1 aliphatic rings. The van der Waals surface area contributed by atoms with E-state index in [-0.39, 0.29) is 37.2 Å². The number of likely N-dealkylation sites (tertiary alicyclic amines) is 1. The van der Waals surface area contributed by atoms with Gasteiger partial charge in [-0.2, -0.15) is 0 Å². The number of hydrogen-bond donors (Lipinski definition) is 3. The molecular formula is C16H24ClF2N5. The number of halogens is 3. The lowest BCUT2D eigenvalue weighted by molar-refractivity contribution is -0.0526. The predicted molar refractivity (Wildman–Crippen MR) is 95.7 cm³/mol. The first-order valence-electron chi connectivity index (χ1n) is 7.62. The second kappa shape index (κ2) is 7.79. The summed E-state index contributed by atoms with van der Waals surface area (Å²) in [6.45, 7) is 4.17. The minimum Gasteiger partial charge on any atom is -0.385 e. The summed E-state index contributed by atoms with van der Waals surface area (Å²) in [6.07, 6.45) is -0.814. The summed E-state index contributed by atoms with van der Waals surface area (Å²) in [5.74, 6) is -2.63. The Morgan fingerprint density at radius 1 is 1.29 bits per heavy atom. The van der Waals surface area contributed by atoms with E-state index in [1.54, 1.807) is 12.1 Å². The lowest BCUT2D eigenvalue weighted by atomic mass is 9.98. The number of nitrogens with two attached hydrogens (primary N) is 2. The number of aliphatic imine (C=N–C) groups is 1. The molecule has 1 aromatic rings. The van der Waals surface area contributed by atoms with Crippen LogP contribution in [-0.4, -0.2) is 35.2 Å². The van der Waals surface area contributed by atoms with E-state index in [9.17, 15) is 8.78 Å². The van der Waals surface area contributed by atoms with Crippen LogP contribution in [0.4, 0.5) is 14.5 Å². The topological polar surface area (TPSA) is 91.5 Å². The molecule has 0 amide bonds. The van der Waals surface area contributed by atoms with E-state index in [1.807, 2.05) is 12.1 Å². The van der Waals surface area contributed by atoms with E-state index in [0.717, 1.165) is 5.56 Å². The first kappa shape index (κ1) is 20.2. The fraction of sp³-hybridized carbons (Fsp3) is 0.500. The lowest BCUT2D eigenvalue weighted by Crippen LogP contribution is -2.56. The molecule has 0 spiro atoms. The Morgan fingerprint density at radius 2 is 1.88 bits per heavy atom. The van der Waals surface area contributed by atoms with Gasteiger partial charge in [-0.3, -0.25) is 5.41 Å². The number of amidine groups is 1. The van der Waals surface area contributed by atoms with Gasteiger partial charge in [0.15, 0.2) is 5.96 Å². The second-order valence-corrected chi connectivity index (χ2v) is 6.19. The minimum absolute atomic E-state index is 0. The first-order chi connectivity index (χ1) is 10.7. The Kier molecular flexibility index (Phi) is 6.54. The van der Waals surface area contributed by atoms with Gasteiger partial charge in [0.2, 0.25) is 0 Å². The standard InChI is InChI=1S/C16H23F2N5.ClH/c1-10(2)11-3-5-12(6-4-11)22-14(19)13-9-16(17,18)7-8-23(13)15(20)21;/h3-6,10,13H,7-9H2,1-2H3,(H2,19,22)(H3,20,21);1H. The third kappa shape index (κ3) is 4.80. The Hall–Kier alpha value is -1.89. The smallest absolute Gasteiger partial charge is 0.252 e. The van der Waals surface area contributed by atoms with Gasteiger partial charge in [-0.15, -0.1) is 12.4 Å². The molecule has 5 nitrogen and oxygen atoms in total. The number of rotatable bonds is 3. The molecule has 2 rings (SSSR count). The van der Waals surface area contributed by atoms with E-state index in [1.165, 1.54) is 4.90 Å². The van der Waals surface area contributed by atoms with Crippen LogP contribution in [0, 0.1) is 5.41 Å². The summed E-state index contributed by atoms with van der Waals surface area (Å²) in [7, 11) is 0. The highest BCUT2D eigenvalue weighted by atomic mass is 35.5. The Morgan fingerprint density at radius 3 is 2.38 bits per heavy atom. The van der Waals surface area contributed by atoms with Crippen LogP contribution in [0.15, 0.2) is 29.3 Å². The van der Waals surface area contributed by atoms with Gasteiger partial charge in [-0.25, -0.2) is 13.8 Å². The molecule has 1 heterocycles. The zero-order chi connectivity index (χ0) is 17.2. The molecule has 0 aliphatic carbocycles. The van der Waals surface area contributed by atoms with Crippen LogP contribution in [-0.2, 0) is 0 Å². The lowest BCUT2D eigenvalue weighted by Gasteiger charge is -2.39. The zero-order valence-corrected chi connectivity index (χ0v) is 14.6. The van der Waals surface area contributed by atoms with Crippen molar-refractivity contribution in [3.8, 4) is 0 Å². The predicted octanol–water partition coefficient (Wildman–Crippen LogP) is 3.21. The molecule has 1 aromatic carbocycles. The number of guanidine groups is 1. The highest BCUT2D eigenvalue weighted by Gasteiger charge is 2.42. The summed E-state index contributed by atoms with van der Waals surface area (Å²) >= 11 is 0. The molecule has 24 heavy (non-hydrogen) atoms. The summed E-state index contributed by atoms with van der Waals surface area (Å²) in [5.41, 5.74) is 13.2. The summed E-state index contributed by atoms with van der Waals surface area (Å²) in [5, 5.41) is 7.55. The van der Waals surface area contributed by atoms with Gasteiger partial charge in [0, 0.05) is 19.4 Å². The maximum atomic E-state index is 13.7. The van der Waals surface area contributed by atoms with E-state index in [4.69, 9.17) is 16.9 Å². The maximum Gasteiger partial charge on any atom is 0.252 e. The monoisotopic (exact) mass is 359 g/mol. The highest BCUT2D eigenvalue weighted by Crippen LogP contribution is 2.32. The van der Waals surface area contributed by atoms with E-state index in [2.05, 4.69) is 18.8 Å². The Labute approximate surface area is 147 Å². The molecule has 1 fully saturated rings. The van der Waals surface area contributed by atoms with E-state index >= 15 is 0 Å². The third-order valence-corrected chi connectivity index (χ3v) is 4.06. The van der Waals surface area contributed by atoms with Crippen LogP contribution in [0.25, 0.3) is 0 Å². The number of piperidine rings is 1. The van der Waals surface area contributed by atoms with Crippen molar-refractivity contribution in [3.05, 3.63) is 29.8 Å². The SMILES string of the molecule is CC(C)c1ccc(N=C(N)C2CC(F)(F)CCN2C(=N)N)cc1.Cl. The van der Waals surface area contributed by atoms with Crippen molar-refractivity contribution in [3.63, 3.8) is 0 Å². The summed E-state index contributed by atoms with van der Waals surface area (Å²) in [4.78, 5) is 5.62. The van der Waals surface area contributed by atoms with Crippen LogP contribution in [0.1, 0.15) is 38.2 Å². The molecular weight excluding hydrogens is 336 g/mol. The van der Waals surface area contributed by atoms with Crippen molar-refractivity contribution < 1.29 is 8.78 Å². The largest absolute Gasteiger partial charge is 0.385 e. The molecule has 1 aliphatic heterocycles. The molecule has 5 N–H and O–H groups in total. The van der Waals surface area contributed by atoms with Gasteiger partial charge >= 0.3 is 0 Å². The van der Waals surface area contributed by atoms with E-state index in [0.29, 0.717) is 11.6 Å². The third-order valence-electron chi connectivity index (χ3n) is 4.06. The molecule has 0 aromatic heterocycles. The van der Waals surface area contributed by atoms with Gasteiger partial charge in [0.05, 0.1) is 11.7 Å². The van der Waals surface area contributed by atoms with Crippen molar-refractivity contribution in [2.24, 2.45) is 16.5 Å². The molecule has 1 atom stereocenters. The van der Waals surface area contributed by atoms with Crippen molar-refractivity contribution >= 4 is 29.9 Å². The van der Waals surface area contributed by atoms with Crippen molar-refractivity contribution in [1.82, 2.24) is 4.90 Å². The fourth-order valence-corrected chi connectivity index (χ4v) is 2.64. The number of nitrogens with one attached hydrogen (secondary N) is 1. The van der Waals surface area contributed by atoms with Crippen LogP contribution >= 0.6 is 12.4 Å². The van der Waals surface area contributed by atoms with Crippen LogP contribution in [0.2, 0.25) is 0 Å². The average Bonchev–Trinajstić information content (AvgIpc) is 2.46. The van der Waals surface area contributed by atoms with Crippen LogP contribution in [0.3, 0.4) is 0 Å². The number of nitrogens with zero attached hydrogens (tertiary/aromatic N) is 2. The molecule has 1 saturated heterocycles. The Bertz CT molecular complexity index is 601.